The fourth-order valence-corrected chi connectivity index (χ4v) is 2.68. The molecule has 4 nitrogen and oxygen atoms in total. The molecule has 1 aromatic rings. The molecule has 0 saturated heterocycles. The summed E-state index contributed by atoms with van der Waals surface area (Å²) in [7, 11) is 0. The third-order valence-electron chi connectivity index (χ3n) is 3.99. The Balaban J connectivity index is 2.24. The first-order valence-corrected chi connectivity index (χ1v) is 6.66. The Bertz CT molecular complexity index is 413. The summed E-state index contributed by atoms with van der Waals surface area (Å²) in [6.45, 7) is 7.26. The molecule has 0 aromatic carbocycles. The van der Waals surface area contributed by atoms with Crippen LogP contribution in [0, 0.1) is 5.41 Å². The second-order valence-corrected chi connectivity index (χ2v) is 5.90. The van der Waals surface area contributed by atoms with Gasteiger partial charge in [0.25, 0.3) is 0 Å². The van der Waals surface area contributed by atoms with Crippen molar-refractivity contribution in [2.45, 2.75) is 52.1 Å². The van der Waals surface area contributed by atoms with E-state index in [9.17, 15) is 4.79 Å². The molecule has 2 rings (SSSR count). The number of hydrogen-bond acceptors (Lipinski definition) is 3. The lowest BCUT2D eigenvalue weighted by Gasteiger charge is -2.42. The second kappa shape index (κ2) is 4.84. The normalized spacial score (nSPS) is 21.7. The maximum atomic E-state index is 10.8. The van der Waals surface area contributed by atoms with Crippen LogP contribution in [-0.4, -0.2) is 22.9 Å². The molecule has 0 atom stereocenters. The molecule has 1 saturated carbocycles. The number of nitrogens with one attached hydrogen (secondary N) is 1. The number of aldehydes is 1. The van der Waals surface area contributed by atoms with E-state index in [2.05, 4.69) is 23.8 Å². The first-order chi connectivity index (χ1) is 8.51. The molecule has 4 heteroatoms. The van der Waals surface area contributed by atoms with Crippen LogP contribution in [-0.2, 0) is 10.3 Å². The minimum absolute atomic E-state index is 0.328. The highest BCUT2D eigenvalue weighted by atomic mass is 16.5. The number of carbonyl (C=O) groups excluding carboxylic acids is 1. The van der Waals surface area contributed by atoms with Gasteiger partial charge in [0.15, 0.2) is 6.29 Å². The largest absolute Gasteiger partial charge is 0.367 e. The average Bonchev–Trinajstić information content (AvgIpc) is 2.82. The zero-order valence-corrected chi connectivity index (χ0v) is 11.5. The van der Waals surface area contributed by atoms with Crippen molar-refractivity contribution in [2.75, 3.05) is 6.61 Å². The first kappa shape index (κ1) is 13.3. The highest BCUT2D eigenvalue weighted by Gasteiger charge is 2.42. The highest BCUT2D eigenvalue weighted by Crippen LogP contribution is 2.46. The van der Waals surface area contributed by atoms with Crippen LogP contribution in [0.2, 0.25) is 0 Å². The Morgan fingerprint density at radius 3 is 2.56 bits per heavy atom. The van der Waals surface area contributed by atoms with Crippen molar-refractivity contribution < 1.29 is 9.53 Å². The standard InChI is InChI=1S/C14H22N2O2/c1-4-18-14(7-5-13(2,3)6-8-14)12-15-9-11(10-17)16-12/h9-10H,4-8H2,1-3H3,(H,15,16). The van der Waals surface area contributed by atoms with E-state index in [4.69, 9.17) is 4.74 Å². The Kier molecular flexibility index (Phi) is 3.57. The smallest absolute Gasteiger partial charge is 0.167 e. The predicted molar refractivity (Wildman–Crippen MR) is 69.5 cm³/mol. The quantitative estimate of drug-likeness (QED) is 0.835. The van der Waals surface area contributed by atoms with E-state index in [1.54, 1.807) is 6.20 Å². The van der Waals surface area contributed by atoms with E-state index in [-0.39, 0.29) is 5.60 Å². The minimum atomic E-state index is -0.328. The van der Waals surface area contributed by atoms with Gasteiger partial charge in [-0.3, -0.25) is 4.79 Å². The van der Waals surface area contributed by atoms with Gasteiger partial charge in [0.1, 0.15) is 11.4 Å². The molecular formula is C14H22N2O2. The minimum Gasteiger partial charge on any atom is -0.367 e. The summed E-state index contributed by atoms with van der Waals surface area (Å²) in [5.74, 6) is 0.807. The van der Waals surface area contributed by atoms with Gasteiger partial charge in [-0.2, -0.15) is 0 Å². The number of aromatic amines is 1. The Morgan fingerprint density at radius 1 is 1.39 bits per heavy atom. The van der Waals surface area contributed by atoms with Crippen LogP contribution in [0.4, 0.5) is 0 Å². The van der Waals surface area contributed by atoms with E-state index >= 15 is 0 Å². The zero-order chi connectivity index (χ0) is 13.2. The van der Waals surface area contributed by atoms with Gasteiger partial charge in [0.2, 0.25) is 0 Å². The van der Waals surface area contributed by atoms with Crippen LogP contribution in [0.5, 0.6) is 0 Å². The SMILES string of the molecule is CCOC1(c2ncc(C=O)[nH]2)CCC(C)(C)CC1. The molecule has 0 unspecified atom stereocenters. The van der Waals surface area contributed by atoms with Gasteiger partial charge in [-0.1, -0.05) is 13.8 Å². The molecule has 0 radical (unpaired) electrons. The number of aromatic nitrogens is 2. The molecule has 100 valence electrons. The molecule has 1 fully saturated rings. The van der Waals surface area contributed by atoms with Crippen LogP contribution in [0.3, 0.4) is 0 Å². The number of carbonyl (C=O) groups is 1. The summed E-state index contributed by atoms with van der Waals surface area (Å²) < 4.78 is 6.00. The molecule has 1 N–H and O–H groups in total. The summed E-state index contributed by atoms with van der Waals surface area (Å²) >= 11 is 0. The van der Waals surface area contributed by atoms with Gasteiger partial charge >= 0.3 is 0 Å². The van der Waals surface area contributed by atoms with Crippen molar-refractivity contribution in [1.29, 1.82) is 0 Å². The van der Waals surface area contributed by atoms with E-state index in [0.29, 0.717) is 17.7 Å². The predicted octanol–water partition coefficient (Wildman–Crippen LogP) is 3.05. The van der Waals surface area contributed by atoms with E-state index in [0.717, 1.165) is 37.8 Å². The van der Waals surface area contributed by atoms with E-state index in [1.807, 2.05) is 6.92 Å². The van der Waals surface area contributed by atoms with Gasteiger partial charge < -0.3 is 9.72 Å². The summed E-state index contributed by atoms with van der Waals surface area (Å²) in [6.07, 6.45) is 6.53. The summed E-state index contributed by atoms with van der Waals surface area (Å²) in [4.78, 5) is 18.2. The van der Waals surface area contributed by atoms with Crippen molar-refractivity contribution in [3.05, 3.63) is 17.7 Å². The van der Waals surface area contributed by atoms with Gasteiger partial charge in [-0.05, 0) is 38.0 Å². The molecule has 1 heterocycles. The topological polar surface area (TPSA) is 55.0 Å². The lowest BCUT2D eigenvalue weighted by atomic mass is 9.70. The molecule has 0 spiro atoms. The number of nitrogens with zero attached hydrogens (tertiary/aromatic N) is 1. The zero-order valence-electron chi connectivity index (χ0n) is 11.5. The third-order valence-corrected chi connectivity index (χ3v) is 3.99. The molecule has 0 bridgehead atoms. The molecular weight excluding hydrogens is 228 g/mol. The van der Waals surface area contributed by atoms with Crippen LogP contribution in [0.25, 0.3) is 0 Å². The van der Waals surface area contributed by atoms with E-state index < -0.39 is 0 Å². The number of H-pyrrole nitrogens is 1. The number of imidazole rings is 1. The van der Waals surface area contributed by atoms with Crippen molar-refractivity contribution in [1.82, 2.24) is 9.97 Å². The summed E-state index contributed by atoms with van der Waals surface area (Å²) in [5, 5.41) is 0. The Hall–Kier alpha value is -1.16. The second-order valence-electron chi connectivity index (χ2n) is 5.90. The molecule has 1 aliphatic rings. The van der Waals surface area contributed by atoms with Crippen molar-refractivity contribution in [3.8, 4) is 0 Å². The molecule has 1 aromatic heterocycles. The monoisotopic (exact) mass is 250 g/mol. The average molecular weight is 250 g/mol. The number of rotatable bonds is 4. The van der Waals surface area contributed by atoms with Gasteiger partial charge in [0, 0.05) is 6.61 Å². The molecule has 0 amide bonds. The van der Waals surface area contributed by atoms with Gasteiger partial charge in [-0.25, -0.2) is 4.98 Å². The molecule has 0 aliphatic heterocycles. The van der Waals surface area contributed by atoms with Crippen molar-refractivity contribution in [2.24, 2.45) is 5.41 Å². The highest BCUT2D eigenvalue weighted by molar-refractivity contribution is 5.71. The number of ether oxygens (including phenoxy) is 1. The van der Waals surface area contributed by atoms with Gasteiger partial charge in [-0.15, -0.1) is 0 Å². The molecule has 18 heavy (non-hydrogen) atoms. The maximum absolute atomic E-state index is 10.8. The number of hydrogen-bond donors (Lipinski definition) is 1. The Labute approximate surface area is 108 Å². The summed E-state index contributed by atoms with van der Waals surface area (Å²) in [5.41, 5.74) is 0.570. The van der Waals surface area contributed by atoms with Crippen LogP contribution in [0.15, 0.2) is 6.20 Å². The Morgan fingerprint density at radius 2 is 2.06 bits per heavy atom. The fraction of sp³-hybridized carbons (Fsp3) is 0.714. The lowest BCUT2D eigenvalue weighted by molar-refractivity contribution is -0.0943. The van der Waals surface area contributed by atoms with Crippen LogP contribution < -0.4 is 0 Å². The van der Waals surface area contributed by atoms with Crippen molar-refractivity contribution in [3.63, 3.8) is 0 Å². The van der Waals surface area contributed by atoms with Crippen LogP contribution >= 0.6 is 0 Å². The van der Waals surface area contributed by atoms with Gasteiger partial charge in [0.05, 0.1) is 11.9 Å². The molecule has 1 aliphatic carbocycles. The maximum Gasteiger partial charge on any atom is 0.167 e. The third kappa shape index (κ3) is 2.48. The first-order valence-electron chi connectivity index (χ1n) is 6.66. The fourth-order valence-electron chi connectivity index (χ4n) is 2.68. The summed E-state index contributed by atoms with van der Waals surface area (Å²) in [6, 6.07) is 0. The van der Waals surface area contributed by atoms with Crippen LogP contribution in [0.1, 0.15) is 62.8 Å². The lowest BCUT2D eigenvalue weighted by Crippen LogP contribution is -2.38. The van der Waals surface area contributed by atoms with E-state index in [1.165, 1.54) is 0 Å². The van der Waals surface area contributed by atoms with Crippen molar-refractivity contribution >= 4 is 6.29 Å².